The van der Waals surface area contributed by atoms with E-state index in [1.165, 1.54) is 0 Å². The number of nitrogens with zero attached hydrogens (tertiary/aromatic N) is 1. The molecule has 1 rings (SSSR count). The van der Waals surface area contributed by atoms with Crippen LogP contribution in [0.2, 0.25) is 5.02 Å². The first-order valence-electron chi connectivity index (χ1n) is 2.48. The lowest BCUT2D eigenvalue weighted by molar-refractivity contribution is 0.0652. The predicted molar refractivity (Wildman–Crippen MR) is 33.2 cm³/mol. The minimum absolute atomic E-state index is 0.0625. The van der Waals surface area contributed by atoms with Crippen LogP contribution in [0.15, 0.2) is 4.52 Å². The molecule has 1 aromatic heterocycles. The highest BCUT2D eigenvalue weighted by molar-refractivity contribution is 6.33. The molecule has 5 heteroatoms. The Labute approximate surface area is 61.4 Å². The number of aryl methyl sites for hydroxylation is 1. The van der Waals surface area contributed by atoms with Gasteiger partial charge in [0.15, 0.2) is 0 Å². The fourth-order valence-corrected chi connectivity index (χ4v) is 0.641. The number of rotatable bonds is 1. The molecule has 0 atom stereocenters. The van der Waals surface area contributed by atoms with Crippen molar-refractivity contribution in [1.82, 2.24) is 5.16 Å². The number of aromatic carboxylic acids is 1. The molecule has 4 nitrogen and oxygen atoms in total. The second-order valence-corrected chi connectivity index (χ2v) is 2.09. The molecule has 0 fully saturated rings. The Morgan fingerprint density at radius 1 is 1.80 bits per heavy atom. The lowest BCUT2D eigenvalue weighted by Crippen LogP contribution is -1.93. The molecule has 54 valence electrons. The van der Waals surface area contributed by atoms with E-state index in [0.717, 1.165) is 0 Å². The third-order valence-corrected chi connectivity index (χ3v) is 1.43. The summed E-state index contributed by atoms with van der Waals surface area (Å²) in [6.07, 6.45) is 0. The van der Waals surface area contributed by atoms with Crippen molar-refractivity contribution in [3.05, 3.63) is 16.5 Å². The third kappa shape index (κ3) is 0.974. The smallest absolute Gasteiger partial charge is 0.376 e. The van der Waals surface area contributed by atoms with Crippen molar-refractivity contribution in [2.75, 3.05) is 0 Å². The van der Waals surface area contributed by atoms with Gasteiger partial charge in [-0.1, -0.05) is 16.8 Å². The van der Waals surface area contributed by atoms with E-state index in [-0.39, 0.29) is 10.8 Å². The molecule has 1 heterocycles. The first kappa shape index (κ1) is 7.08. The Kier molecular flexibility index (Phi) is 1.63. The number of aromatic nitrogens is 1. The molecule has 0 bridgehead atoms. The molecule has 0 amide bonds. The van der Waals surface area contributed by atoms with E-state index < -0.39 is 5.97 Å². The Morgan fingerprint density at radius 2 is 2.40 bits per heavy atom. The van der Waals surface area contributed by atoms with Crippen LogP contribution in [0.25, 0.3) is 0 Å². The molecule has 0 unspecified atom stereocenters. The summed E-state index contributed by atoms with van der Waals surface area (Å²) in [7, 11) is 0. The minimum atomic E-state index is -1.20. The van der Waals surface area contributed by atoms with Gasteiger partial charge in [0.1, 0.15) is 10.7 Å². The van der Waals surface area contributed by atoms with E-state index in [2.05, 4.69) is 9.68 Å². The maximum absolute atomic E-state index is 10.2. The molecular formula is C5H4ClNO3. The van der Waals surface area contributed by atoms with Gasteiger partial charge in [0.05, 0.1) is 0 Å². The summed E-state index contributed by atoms with van der Waals surface area (Å²) in [5.74, 6) is -1.51. The maximum atomic E-state index is 10.2. The minimum Gasteiger partial charge on any atom is -0.475 e. The van der Waals surface area contributed by atoms with Gasteiger partial charge in [-0.05, 0) is 6.92 Å². The van der Waals surface area contributed by atoms with Crippen LogP contribution in [-0.2, 0) is 0 Å². The average Bonchev–Trinajstić information content (AvgIpc) is 2.14. The van der Waals surface area contributed by atoms with Gasteiger partial charge in [-0.2, -0.15) is 0 Å². The number of halogens is 1. The number of carbonyl (C=O) groups is 1. The Balaban J connectivity index is 3.17. The van der Waals surface area contributed by atoms with Crippen LogP contribution in [0.3, 0.4) is 0 Å². The van der Waals surface area contributed by atoms with E-state index >= 15 is 0 Å². The van der Waals surface area contributed by atoms with Gasteiger partial charge in [-0.3, -0.25) is 0 Å². The van der Waals surface area contributed by atoms with E-state index in [0.29, 0.717) is 5.69 Å². The summed E-state index contributed by atoms with van der Waals surface area (Å²) >= 11 is 5.47. The summed E-state index contributed by atoms with van der Waals surface area (Å²) in [4.78, 5) is 10.2. The number of carboxylic acid groups (broad SMARTS) is 1. The fraction of sp³-hybridized carbons (Fsp3) is 0.200. The molecule has 0 spiro atoms. The Morgan fingerprint density at radius 3 is 2.60 bits per heavy atom. The van der Waals surface area contributed by atoms with E-state index in [4.69, 9.17) is 16.7 Å². The van der Waals surface area contributed by atoms with Gasteiger partial charge in [0, 0.05) is 0 Å². The number of hydrogen-bond donors (Lipinski definition) is 1. The summed E-state index contributed by atoms with van der Waals surface area (Å²) in [5, 5.41) is 11.8. The van der Waals surface area contributed by atoms with E-state index in [1.807, 2.05) is 0 Å². The van der Waals surface area contributed by atoms with Crippen molar-refractivity contribution in [2.24, 2.45) is 0 Å². The van der Waals surface area contributed by atoms with Crippen molar-refractivity contribution in [3.63, 3.8) is 0 Å². The van der Waals surface area contributed by atoms with Crippen LogP contribution < -0.4 is 0 Å². The van der Waals surface area contributed by atoms with Gasteiger partial charge in [0.25, 0.3) is 5.76 Å². The summed E-state index contributed by atoms with van der Waals surface area (Å²) in [6.45, 7) is 1.57. The van der Waals surface area contributed by atoms with Gasteiger partial charge < -0.3 is 9.63 Å². The van der Waals surface area contributed by atoms with E-state index in [9.17, 15) is 4.79 Å². The normalized spacial score (nSPS) is 9.80. The third-order valence-electron chi connectivity index (χ3n) is 0.985. The quantitative estimate of drug-likeness (QED) is 0.675. The lowest BCUT2D eigenvalue weighted by atomic mass is 10.4. The molecule has 1 N–H and O–H groups in total. The zero-order chi connectivity index (χ0) is 7.72. The van der Waals surface area contributed by atoms with Crippen molar-refractivity contribution in [1.29, 1.82) is 0 Å². The molecule has 0 radical (unpaired) electrons. The van der Waals surface area contributed by atoms with Crippen LogP contribution in [0.4, 0.5) is 0 Å². The topological polar surface area (TPSA) is 63.3 Å². The molecule has 0 saturated carbocycles. The number of carboxylic acids is 1. The Bertz CT molecular complexity index is 268. The van der Waals surface area contributed by atoms with Crippen LogP contribution in [0.5, 0.6) is 0 Å². The summed E-state index contributed by atoms with van der Waals surface area (Å²) < 4.78 is 4.38. The summed E-state index contributed by atoms with van der Waals surface area (Å²) in [6, 6.07) is 0. The van der Waals surface area contributed by atoms with Crippen LogP contribution in [0, 0.1) is 6.92 Å². The average molecular weight is 162 g/mol. The van der Waals surface area contributed by atoms with Crippen molar-refractivity contribution in [2.45, 2.75) is 6.92 Å². The molecule has 0 aliphatic carbocycles. The zero-order valence-electron chi connectivity index (χ0n) is 5.09. The van der Waals surface area contributed by atoms with Crippen LogP contribution in [0.1, 0.15) is 16.2 Å². The van der Waals surface area contributed by atoms with E-state index in [1.54, 1.807) is 6.92 Å². The molecule has 0 aliphatic heterocycles. The molecule has 10 heavy (non-hydrogen) atoms. The molecule has 0 saturated heterocycles. The molecule has 1 aromatic rings. The number of hydrogen-bond acceptors (Lipinski definition) is 3. The van der Waals surface area contributed by atoms with Gasteiger partial charge in [-0.15, -0.1) is 0 Å². The molecular weight excluding hydrogens is 158 g/mol. The van der Waals surface area contributed by atoms with Crippen LogP contribution >= 0.6 is 11.6 Å². The van der Waals surface area contributed by atoms with Gasteiger partial charge in [0.2, 0.25) is 0 Å². The molecule has 0 aliphatic rings. The Hall–Kier alpha value is -1.03. The standard InChI is InChI=1S/C5H4ClNO3/c1-2-3(6)4(5(8)9)10-7-2/h1H3,(H,8,9). The van der Waals surface area contributed by atoms with Crippen molar-refractivity contribution < 1.29 is 14.4 Å². The highest BCUT2D eigenvalue weighted by Gasteiger charge is 2.16. The monoisotopic (exact) mass is 161 g/mol. The fourth-order valence-electron chi connectivity index (χ4n) is 0.491. The molecule has 0 aromatic carbocycles. The second-order valence-electron chi connectivity index (χ2n) is 1.72. The SMILES string of the molecule is Cc1noc(C(=O)O)c1Cl. The first-order chi connectivity index (χ1) is 4.63. The van der Waals surface area contributed by atoms with Crippen LogP contribution in [-0.4, -0.2) is 16.2 Å². The van der Waals surface area contributed by atoms with Gasteiger partial charge in [-0.25, -0.2) is 4.79 Å². The zero-order valence-corrected chi connectivity index (χ0v) is 5.84. The highest BCUT2D eigenvalue weighted by Crippen LogP contribution is 2.18. The lowest BCUT2D eigenvalue weighted by Gasteiger charge is -1.82. The maximum Gasteiger partial charge on any atom is 0.376 e. The first-order valence-corrected chi connectivity index (χ1v) is 2.85. The predicted octanol–water partition coefficient (Wildman–Crippen LogP) is 1.33. The second kappa shape index (κ2) is 2.30. The van der Waals surface area contributed by atoms with Crippen molar-refractivity contribution in [3.8, 4) is 0 Å². The largest absolute Gasteiger partial charge is 0.475 e. The summed E-state index contributed by atoms with van der Waals surface area (Å²) in [5.41, 5.74) is 0.388. The van der Waals surface area contributed by atoms with Crippen molar-refractivity contribution >= 4 is 17.6 Å². The highest BCUT2D eigenvalue weighted by atomic mass is 35.5. The van der Waals surface area contributed by atoms with Gasteiger partial charge >= 0.3 is 5.97 Å².